The number of rotatable bonds is 1. The van der Waals surface area contributed by atoms with Gasteiger partial charge in [0, 0.05) is 11.2 Å². The molecule has 4 nitrogen and oxygen atoms in total. The molecule has 1 aliphatic rings. The van der Waals surface area contributed by atoms with Crippen LogP contribution in [0.25, 0.3) is 0 Å². The molecule has 1 fully saturated rings. The molecule has 0 spiro atoms. The van der Waals surface area contributed by atoms with Crippen molar-refractivity contribution in [3.8, 4) is 0 Å². The molecule has 18 heavy (non-hydrogen) atoms. The second-order valence-corrected chi connectivity index (χ2v) is 5.98. The average molecular weight is 269 g/mol. The van der Waals surface area contributed by atoms with Crippen molar-refractivity contribution in [3.63, 3.8) is 0 Å². The summed E-state index contributed by atoms with van der Waals surface area (Å²) in [6, 6.07) is 3.36. The van der Waals surface area contributed by atoms with Gasteiger partial charge in [0.25, 0.3) is 0 Å². The predicted octanol–water partition coefficient (Wildman–Crippen LogP) is 1.80. The second-order valence-electron chi connectivity index (χ2n) is 5.60. The SMILES string of the molecule is CC1(C)OB(c2cc(N)cc(N)c2Cl)OC1(C)C. The largest absolute Gasteiger partial charge is 0.496 e. The summed E-state index contributed by atoms with van der Waals surface area (Å²) in [7, 11) is -0.548. The Morgan fingerprint density at radius 1 is 1.06 bits per heavy atom. The number of halogens is 1. The molecule has 0 aliphatic carbocycles. The first-order valence-electron chi connectivity index (χ1n) is 5.84. The van der Waals surface area contributed by atoms with E-state index in [1.165, 1.54) is 0 Å². The Kier molecular flexibility index (Phi) is 3.04. The summed E-state index contributed by atoms with van der Waals surface area (Å²) >= 11 is 6.19. The van der Waals surface area contributed by atoms with Crippen molar-refractivity contribution in [1.29, 1.82) is 0 Å². The van der Waals surface area contributed by atoms with Crippen LogP contribution in [0.4, 0.5) is 11.4 Å². The lowest BCUT2D eigenvalue weighted by Crippen LogP contribution is -2.41. The van der Waals surface area contributed by atoms with Crippen molar-refractivity contribution in [2.45, 2.75) is 38.9 Å². The molecule has 0 saturated carbocycles. The van der Waals surface area contributed by atoms with E-state index in [-0.39, 0.29) is 0 Å². The molecule has 0 bridgehead atoms. The fraction of sp³-hybridized carbons (Fsp3) is 0.500. The summed E-state index contributed by atoms with van der Waals surface area (Å²) in [5.41, 5.74) is 12.4. The summed E-state index contributed by atoms with van der Waals surface area (Å²) in [5.74, 6) is 0. The van der Waals surface area contributed by atoms with Crippen molar-refractivity contribution in [2.75, 3.05) is 11.5 Å². The van der Waals surface area contributed by atoms with Crippen LogP contribution in [0.5, 0.6) is 0 Å². The summed E-state index contributed by atoms with van der Waals surface area (Å²) in [6.07, 6.45) is 0. The Bertz CT molecular complexity index is 475. The Labute approximate surface area is 113 Å². The van der Waals surface area contributed by atoms with Crippen LogP contribution in [0, 0.1) is 0 Å². The zero-order valence-corrected chi connectivity index (χ0v) is 11.8. The van der Waals surface area contributed by atoms with Crippen LogP contribution in [0.1, 0.15) is 27.7 Å². The van der Waals surface area contributed by atoms with E-state index < -0.39 is 18.3 Å². The van der Waals surface area contributed by atoms with Gasteiger partial charge in [0.2, 0.25) is 0 Å². The van der Waals surface area contributed by atoms with Crippen molar-refractivity contribution in [2.24, 2.45) is 0 Å². The summed E-state index contributed by atoms with van der Waals surface area (Å²) < 4.78 is 11.8. The predicted molar refractivity (Wildman–Crippen MR) is 76.0 cm³/mol. The third-order valence-electron chi connectivity index (χ3n) is 3.66. The van der Waals surface area contributed by atoms with Gasteiger partial charge in [-0.05, 0) is 39.8 Å². The zero-order valence-electron chi connectivity index (χ0n) is 11.1. The van der Waals surface area contributed by atoms with Gasteiger partial charge in [-0.3, -0.25) is 0 Å². The Hall–Kier alpha value is -0.905. The van der Waals surface area contributed by atoms with E-state index in [1.54, 1.807) is 12.1 Å². The maximum Gasteiger partial charge on any atom is 0.496 e. The highest BCUT2D eigenvalue weighted by molar-refractivity contribution is 6.66. The first kappa shape index (κ1) is 13.5. The standard InChI is InChI=1S/C12H18BClN2O2/c1-11(2)12(3,4)18-13(17-11)8-5-7(15)6-9(16)10(8)14/h5-6H,15-16H2,1-4H3. The molecule has 2 rings (SSSR count). The molecule has 1 saturated heterocycles. The number of benzene rings is 1. The first-order chi connectivity index (χ1) is 8.14. The second kappa shape index (κ2) is 4.05. The molecule has 0 radical (unpaired) electrons. The minimum absolute atomic E-state index is 0.416. The minimum Gasteiger partial charge on any atom is -0.399 e. The van der Waals surface area contributed by atoms with E-state index in [0.29, 0.717) is 21.9 Å². The van der Waals surface area contributed by atoms with E-state index in [0.717, 1.165) is 0 Å². The number of nitrogens with two attached hydrogens (primary N) is 2. The average Bonchev–Trinajstić information content (AvgIpc) is 2.42. The van der Waals surface area contributed by atoms with Crippen molar-refractivity contribution < 1.29 is 9.31 Å². The lowest BCUT2D eigenvalue weighted by molar-refractivity contribution is 0.00578. The van der Waals surface area contributed by atoms with Crippen molar-refractivity contribution in [1.82, 2.24) is 0 Å². The van der Waals surface area contributed by atoms with Gasteiger partial charge in [0.15, 0.2) is 0 Å². The summed E-state index contributed by atoms with van der Waals surface area (Å²) in [6.45, 7) is 7.93. The third kappa shape index (κ3) is 2.07. The molecule has 0 aromatic heterocycles. The van der Waals surface area contributed by atoms with Crippen molar-refractivity contribution >= 4 is 35.6 Å². The highest BCUT2D eigenvalue weighted by atomic mass is 35.5. The monoisotopic (exact) mass is 268 g/mol. The fourth-order valence-corrected chi connectivity index (χ4v) is 2.03. The summed E-state index contributed by atoms with van der Waals surface area (Å²) in [4.78, 5) is 0. The molecule has 4 N–H and O–H groups in total. The minimum atomic E-state index is -0.548. The van der Waals surface area contributed by atoms with Crippen LogP contribution in [-0.4, -0.2) is 18.3 Å². The molecule has 0 amide bonds. The molecule has 98 valence electrons. The van der Waals surface area contributed by atoms with Gasteiger partial charge < -0.3 is 20.8 Å². The maximum absolute atomic E-state index is 6.19. The van der Waals surface area contributed by atoms with Crippen LogP contribution in [0.15, 0.2) is 12.1 Å². The highest BCUT2D eigenvalue weighted by Crippen LogP contribution is 2.37. The van der Waals surface area contributed by atoms with Gasteiger partial charge in [-0.25, -0.2) is 0 Å². The van der Waals surface area contributed by atoms with Crippen molar-refractivity contribution in [3.05, 3.63) is 17.2 Å². The lowest BCUT2D eigenvalue weighted by Gasteiger charge is -2.32. The molecule has 0 unspecified atom stereocenters. The first-order valence-corrected chi connectivity index (χ1v) is 6.22. The molecular formula is C12H18BClN2O2. The van der Waals surface area contributed by atoms with E-state index >= 15 is 0 Å². The van der Waals surface area contributed by atoms with E-state index in [1.807, 2.05) is 27.7 Å². The summed E-state index contributed by atoms with van der Waals surface area (Å²) in [5, 5.41) is 0.433. The number of anilines is 2. The van der Waals surface area contributed by atoms with Gasteiger partial charge in [-0.15, -0.1) is 0 Å². The number of hydrogen-bond acceptors (Lipinski definition) is 4. The quantitative estimate of drug-likeness (QED) is 0.602. The zero-order chi connectivity index (χ0) is 13.7. The molecule has 1 aromatic rings. The molecule has 1 aromatic carbocycles. The fourth-order valence-electron chi connectivity index (χ4n) is 1.84. The van der Waals surface area contributed by atoms with Gasteiger partial charge >= 0.3 is 7.12 Å². The van der Waals surface area contributed by atoms with Crippen LogP contribution in [-0.2, 0) is 9.31 Å². The van der Waals surface area contributed by atoms with Crippen LogP contribution in [0.3, 0.4) is 0 Å². The van der Waals surface area contributed by atoms with E-state index in [4.69, 9.17) is 32.4 Å². The Morgan fingerprint density at radius 2 is 1.56 bits per heavy atom. The van der Waals surface area contributed by atoms with Gasteiger partial charge in [-0.2, -0.15) is 0 Å². The normalized spacial score (nSPS) is 21.3. The third-order valence-corrected chi connectivity index (χ3v) is 4.09. The smallest absolute Gasteiger partial charge is 0.399 e. The lowest BCUT2D eigenvalue weighted by atomic mass is 9.78. The molecule has 0 atom stereocenters. The van der Waals surface area contributed by atoms with E-state index in [2.05, 4.69) is 0 Å². The number of nitrogen functional groups attached to an aromatic ring is 2. The van der Waals surface area contributed by atoms with Gasteiger partial charge in [0.05, 0.1) is 21.9 Å². The molecule has 1 heterocycles. The highest BCUT2D eigenvalue weighted by Gasteiger charge is 2.52. The molecule has 1 aliphatic heterocycles. The van der Waals surface area contributed by atoms with Crippen LogP contribution >= 0.6 is 11.6 Å². The Balaban J connectivity index is 2.41. The maximum atomic E-state index is 6.19. The number of hydrogen-bond donors (Lipinski definition) is 2. The van der Waals surface area contributed by atoms with Crippen LogP contribution in [0.2, 0.25) is 5.02 Å². The van der Waals surface area contributed by atoms with E-state index in [9.17, 15) is 0 Å². The van der Waals surface area contributed by atoms with Gasteiger partial charge in [0.1, 0.15) is 0 Å². The van der Waals surface area contributed by atoms with Crippen LogP contribution < -0.4 is 16.9 Å². The Morgan fingerprint density at radius 3 is 2.06 bits per heavy atom. The van der Waals surface area contributed by atoms with Gasteiger partial charge in [-0.1, -0.05) is 11.6 Å². The topological polar surface area (TPSA) is 70.5 Å². The molecule has 6 heteroatoms. The molecular weight excluding hydrogens is 250 g/mol.